The summed E-state index contributed by atoms with van der Waals surface area (Å²) in [4.78, 5) is 0. The molecule has 5 heteroatoms. The van der Waals surface area contributed by atoms with Crippen LogP contribution in [0.2, 0.25) is 0 Å². The Morgan fingerprint density at radius 2 is 2.11 bits per heavy atom. The fourth-order valence-corrected chi connectivity index (χ4v) is 2.09. The molecule has 0 amide bonds. The van der Waals surface area contributed by atoms with Gasteiger partial charge in [0.1, 0.15) is 23.4 Å². The molecule has 2 rings (SSSR count). The highest BCUT2D eigenvalue weighted by Gasteiger charge is 2.04. The third-order valence-electron chi connectivity index (χ3n) is 2.56. The van der Waals surface area contributed by atoms with Gasteiger partial charge in [0.15, 0.2) is 0 Å². The van der Waals surface area contributed by atoms with Crippen LogP contribution in [0.15, 0.2) is 34.7 Å². The van der Waals surface area contributed by atoms with E-state index in [-0.39, 0.29) is 5.56 Å². The maximum Gasteiger partial charge on any atom is 0.141 e. The lowest BCUT2D eigenvalue weighted by molar-refractivity contribution is 0.487. The number of benzene rings is 1. The average molecular weight is 276 g/mol. The van der Waals surface area contributed by atoms with Crippen LogP contribution in [0.5, 0.6) is 0 Å². The van der Waals surface area contributed by atoms with Crippen molar-refractivity contribution in [1.82, 2.24) is 0 Å². The fraction of sp³-hybridized carbons (Fsp3) is 0.214. The molecule has 98 valence electrons. The number of thioether (sulfide) groups is 1. The first-order chi connectivity index (χ1) is 9.22. The molecule has 1 heterocycles. The number of furan rings is 1. The SMILES string of the molecule is CSCc1ccc(CNc2ccc(F)c(C#N)c2)o1. The van der Waals surface area contributed by atoms with Crippen molar-refractivity contribution in [2.45, 2.75) is 12.3 Å². The Hall–Kier alpha value is -1.93. The lowest BCUT2D eigenvalue weighted by Crippen LogP contribution is -1.99. The van der Waals surface area contributed by atoms with E-state index in [1.165, 1.54) is 12.1 Å². The number of nitrogens with zero attached hydrogens (tertiary/aromatic N) is 1. The Bertz CT molecular complexity index is 604. The summed E-state index contributed by atoms with van der Waals surface area (Å²) in [6.07, 6.45) is 2.02. The number of anilines is 1. The minimum absolute atomic E-state index is 0.0347. The summed E-state index contributed by atoms with van der Waals surface area (Å²) in [6.45, 7) is 0.505. The molecule has 19 heavy (non-hydrogen) atoms. The molecule has 0 saturated carbocycles. The van der Waals surface area contributed by atoms with Gasteiger partial charge in [0.25, 0.3) is 0 Å². The molecule has 1 aromatic carbocycles. The fourth-order valence-electron chi connectivity index (χ4n) is 1.65. The summed E-state index contributed by atoms with van der Waals surface area (Å²) in [7, 11) is 0. The molecule has 1 N–H and O–H groups in total. The van der Waals surface area contributed by atoms with Crippen LogP contribution in [0.3, 0.4) is 0 Å². The Balaban J connectivity index is 2.00. The first-order valence-corrected chi connectivity index (χ1v) is 7.12. The smallest absolute Gasteiger partial charge is 0.141 e. The Kier molecular flexibility index (Phi) is 4.48. The van der Waals surface area contributed by atoms with Gasteiger partial charge in [-0.25, -0.2) is 4.39 Å². The van der Waals surface area contributed by atoms with Crippen molar-refractivity contribution < 1.29 is 8.81 Å². The second kappa shape index (κ2) is 6.30. The molecule has 3 nitrogen and oxygen atoms in total. The van der Waals surface area contributed by atoms with Gasteiger partial charge in [-0.1, -0.05) is 0 Å². The van der Waals surface area contributed by atoms with Gasteiger partial charge in [0.05, 0.1) is 17.9 Å². The third-order valence-corrected chi connectivity index (χ3v) is 3.13. The Morgan fingerprint density at radius 1 is 1.32 bits per heavy atom. The van der Waals surface area contributed by atoms with E-state index in [1.54, 1.807) is 17.8 Å². The number of nitriles is 1. The summed E-state index contributed by atoms with van der Waals surface area (Å²) >= 11 is 1.70. The first kappa shape index (κ1) is 13.5. The van der Waals surface area contributed by atoms with E-state index >= 15 is 0 Å². The van der Waals surface area contributed by atoms with Crippen molar-refractivity contribution in [2.75, 3.05) is 11.6 Å². The molecule has 0 radical (unpaired) electrons. The van der Waals surface area contributed by atoms with Crippen LogP contribution in [0.4, 0.5) is 10.1 Å². The van der Waals surface area contributed by atoms with Crippen molar-refractivity contribution in [3.05, 3.63) is 53.2 Å². The highest BCUT2D eigenvalue weighted by molar-refractivity contribution is 7.97. The Morgan fingerprint density at radius 3 is 2.84 bits per heavy atom. The number of hydrogen-bond donors (Lipinski definition) is 1. The van der Waals surface area contributed by atoms with Crippen molar-refractivity contribution >= 4 is 17.4 Å². The largest absolute Gasteiger partial charge is 0.463 e. The molecule has 0 unspecified atom stereocenters. The molecule has 0 fully saturated rings. The predicted octanol–water partition coefficient (Wildman–Crippen LogP) is 3.77. The minimum atomic E-state index is -0.506. The second-order valence-corrected chi connectivity index (χ2v) is 4.83. The van der Waals surface area contributed by atoms with E-state index in [9.17, 15) is 4.39 Å². The summed E-state index contributed by atoms with van der Waals surface area (Å²) in [6, 6.07) is 10.0. The summed E-state index contributed by atoms with van der Waals surface area (Å²) < 4.78 is 18.8. The van der Waals surface area contributed by atoms with Gasteiger partial charge in [-0.05, 0) is 36.6 Å². The predicted molar refractivity (Wildman–Crippen MR) is 74.4 cm³/mol. The molecular formula is C14H13FN2OS. The first-order valence-electron chi connectivity index (χ1n) is 5.73. The van der Waals surface area contributed by atoms with Gasteiger partial charge in [-0.3, -0.25) is 0 Å². The maximum absolute atomic E-state index is 13.2. The van der Waals surface area contributed by atoms with Crippen LogP contribution in [0, 0.1) is 17.1 Å². The van der Waals surface area contributed by atoms with Crippen molar-refractivity contribution in [1.29, 1.82) is 5.26 Å². The zero-order valence-electron chi connectivity index (χ0n) is 10.4. The number of hydrogen-bond acceptors (Lipinski definition) is 4. The number of rotatable bonds is 5. The molecule has 0 aliphatic carbocycles. The zero-order chi connectivity index (χ0) is 13.7. The second-order valence-electron chi connectivity index (χ2n) is 3.96. The van der Waals surface area contributed by atoms with Crippen LogP contribution >= 0.6 is 11.8 Å². The molecule has 0 saturated heterocycles. The molecule has 0 bridgehead atoms. The van der Waals surface area contributed by atoms with E-state index in [0.29, 0.717) is 12.2 Å². The van der Waals surface area contributed by atoms with E-state index < -0.39 is 5.82 Å². The van der Waals surface area contributed by atoms with Crippen LogP contribution in [0.25, 0.3) is 0 Å². The van der Waals surface area contributed by atoms with Gasteiger partial charge >= 0.3 is 0 Å². The Labute approximate surface area is 115 Å². The van der Waals surface area contributed by atoms with Gasteiger partial charge in [0.2, 0.25) is 0 Å². The molecule has 0 spiro atoms. The normalized spacial score (nSPS) is 10.2. The van der Waals surface area contributed by atoms with E-state index in [0.717, 1.165) is 17.3 Å². The average Bonchev–Trinajstić information content (AvgIpc) is 2.86. The van der Waals surface area contributed by atoms with Gasteiger partial charge in [0, 0.05) is 5.69 Å². The lowest BCUT2D eigenvalue weighted by atomic mass is 10.2. The highest BCUT2D eigenvalue weighted by atomic mass is 32.2. The number of halogens is 1. The molecule has 1 aromatic heterocycles. The third kappa shape index (κ3) is 3.52. The lowest BCUT2D eigenvalue weighted by Gasteiger charge is -2.05. The maximum atomic E-state index is 13.2. The van der Waals surface area contributed by atoms with E-state index in [1.807, 2.05) is 24.5 Å². The summed E-state index contributed by atoms with van der Waals surface area (Å²) in [5.74, 6) is 2.08. The monoisotopic (exact) mass is 276 g/mol. The minimum Gasteiger partial charge on any atom is -0.463 e. The van der Waals surface area contributed by atoms with E-state index in [2.05, 4.69) is 5.32 Å². The molecule has 2 aromatic rings. The molecule has 0 aliphatic rings. The van der Waals surface area contributed by atoms with Gasteiger partial charge in [-0.2, -0.15) is 17.0 Å². The van der Waals surface area contributed by atoms with E-state index in [4.69, 9.17) is 9.68 Å². The number of nitrogens with one attached hydrogen (secondary N) is 1. The highest BCUT2D eigenvalue weighted by Crippen LogP contribution is 2.17. The van der Waals surface area contributed by atoms with Crippen LogP contribution < -0.4 is 5.32 Å². The topological polar surface area (TPSA) is 49.0 Å². The summed E-state index contributed by atoms with van der Waals surface area (Å²) in [5.41, 5.74) is 0.730. The van der Waals surface area contributed by atoms with Crippen molar-refractivity contribution in [3.63, 3.8) is 0 Å². The van der Waals surface area contributed by atoms with Crippen LogP contribution in [-0.4, -0.2) is 6.26 Å². The van der Waals surface area contributed by atoms with Gasteiger partial charge < -0.3 is 9.73 Å². The summed E-state index contributed by atoms with van der Waals surface area (Å²) in [5, 5.41) is 11.9. The molecular weight excluding hydrogens is 263 g/mol. The van der Waals surface area contributed by atoms with Crippen molar-refractivity contribution in [2.24, 2.45) is 0 Å². The van der Waals surface area contributed by atoms with Crippen LogP contribution in [0.1, 0.15) is 17.1 Å². The van der Waals surface area contributed by atoms with Crippen molar-refractivity contribution in [3.8, 4) is 6.07 Å². The standard InChI is InChI=1S/C14H13FN2OS/c1-19-9-13-4-3-12(18-13)8-17-11-2-5-14(15)10(6-11)7-16/h2-6,17H,8-9H2,1H3. The quantitative estimate of drug-likeness (QED) is 0.903. The zero-order valence-corrected chi connectivity index (χ0v) is 11.3. The van der Waals surface area contributed by atoms with Gasteiger partial charge in [-0.15, -0.1) is 0 Å². The van der Waals surface area contributed by atoms with Crippen LogP contribution in [-0.2, 0) is 12.3 Å². The molecule has 0 aliphatic heterocycles. The molecule has 0 atom stereocenters.